The molecular weight excluding hydrogens is 450 g/mol. The van der Waals surface area contributed by atoms with Crippen molar-refractivity contribution in [3.63, 3.8) is 0 Å². The lowest BCUT2D eigenvalue weighted by atomic mass is 10.1. The zero-order valence-electron chi connectivity index (χ0n) is 17.8. The summed E-state index contributed by atoms with van der Waals surface area (Å²) in [6, 6.07) is 9.71. The Morgan fingerprint density at radius 3 is 2.45 bits per heavy atom. The number of thiazole rings is 1. The number of hydrogen-bond donors (Lipinski definition) is 3. The Hall–Kier alpha value is -4.32. The summed E-state index contributed by atoms with van der Waals surface area (Å²) < 4.78 is 21.4. The molecule has 0 aliphatic carbocycles. The van der Waals surface area contributed by atoms with Crippen molar-refractivity contribution < 1.29 is 28.6 Å². The van der Waals surface area contributed by atoms with Crippen molar-refractivity contribution >= 4 is 33.9 Å². The van der Waals surface area contributed by atoms with Crippen molar-refractivity contribution in [2.45, 2.75) is 0 Å². The number of benzene rings is 2. The zero-order chi connectivity index (χ0) is 23.5. The van der Waals surface area contributed by atoms with Gasteiger partial charge in [0.1, 0.15) is 10.7 Å². The van der Waals surface area contributed by atoms with Crippen molar-refractivity contribution in [2.24, 2.45) is 0 Å². The standard InChI is InChI=1S/C21H19N5O6S/c1-29-13-8-12(9-14(30-2)15(13)31-3)23-21-24-17(22)16(33-21)19-25-18(26-32-19)10-5-4-6-11(7-10)20(27)28/h4-9H,22H2,1-3H3,(H,23,24)(H,27,28). The topological polar surface area (TPSA) is 155 Å². The summed E-state index contributed by atoms with van der Waals surface area (Å²) in [6.07, 6.45) is 0. The van der Waals surface area contributed by atoms with Gasteiger partial charge in [-0.3, -0.25) is 0 Å². The van der Waals surface area contributed by atoms with E-state index in [9.17, 15) is 9.90 Å². The number of carboxylic acid groups (broad SMARTS) is 1. The van der Waals surface area contributed by atoms with Crippen LogP contribution in [0.2, 0.25) is 0 Å². The summed E-state index contributed by atoms with van der Waals surface area (Å²) in [7, 11) is 4.58. The molecule has 33 heavy (non-hydrogen) atoms. The summed E-state index contributed by atoms with van der Waals surface area (Å²) in [5.74, 6) is 0.983. The molecule has 0 saturated carbocycles. The number of aromatic nitrogens is 3. The summed E-state index contributed by atoms with van der Waals surface area (Å²) in [6.45, 7) is 0. The first-order valence-corrected chi connectivity index (χ1v) is 10.3. The van der Waals surface area contributed by atoms with E-state index in [0.29, 0.717) is 38.5 Å². The van der Waals surface area contributed by atoms with E-state index in [1.54, 1.807) is 24.3 Å². The lowest BCUT2D eigenvalue weighted by Crippen LogP contribution is -1.97. The van der Waals surface area contributed by atoms with Crippen LogP contribution in [0.5, 0.6) is 17.2 Å². The average molecular weight is 469 g/mol. The number of aromatic carboxylic acids is 1. The number of nitrogens with two attached hydrogens (primary N) is 1. The molecule has 0 unspecified atom stereocenters. The van der Waals surface area contributed by atoms with Gasteiger partial charge in [-0.15, -0.1) is 0 Å². The molecule has 4 N–H and O–H groups in total. The molecule has 2 aromatic carbocycles. The number of ether oxygens (including phenoxy) is 3. The summed E-state index contributed by atoms with van der Waals surface area (Å²) in [5.41, 5.74) is 7.34. The molecule has 4 aromatic rings. The van der Waals surface area contributed by atoms with Gasteiger partial charge in [-0.1, -0.05) is 28.6 Å². The smallest absolute Gasteiger partial charge is 0.335 e. The molecule has 0 aliphatic rings. The third-order valence-electron chi connectivity index (χ3n) is 4.56. The number of anilines is 3. The lowest BCUT2D eigenvalue weighted by molar-refractivity contribution is 0.0697. The number of hydrogen-bond acceptors (Lipinski definition) is 11. The SMILES string of the molecule is COc1cc(Nc2nc(N)c(-c3nc(-c4cccc(C(=O)O)c4)no3)s2)cc(OC)c1OC. The van der Waals surface area contributed by atoms with Crippen molar-refractivity contribution in [2.75, 3.05) is 32.4 Å². The molecule has 0 aliphatic heterocycles. The highest BCUT2D eigenvalue weighted by atomic mass is 32.1. The van der Waals surface area contributed by atoms with E-state index in [2.05, 4.69) is 20.4 Å². The van der Waals surface area contributed by atoms with E-state index in [4.69, 9.17) is 24.5 Å². The summed E-state index contributed by atoms with van der Waals surface area (Å²) in [5, 5.41) is 16.7. The molecule has 0 saturated heterocycles. The van der Waals surface area contributed by atoms with E-state index in [-0.39, 0.29) is 23.1 Å². The fourth-order valence-electron chi connectivity index (χ4n) is 3.04. The molecule has 0 atom stereocenters. The highest BCUT2D eigenvalue weighted by molar-refractivity contribution is 7.19. The summed E-state index contributed by atoms with van der Waals surface area (Å²) >= 11 is 1.21. The monoisotopic (exact) mass is 469 g/mol. The van der Waals surface area contributed by atoms with E-state index >= 15 is 0 Å². The van der Waals surface area contributed by atoms with Crippen LogP contribution in [0.3, 0.4) is 0 Å². The average Bonchev–Trinajstić information content (AvgIpc) is 3.45. The fraction of sp³-hybridized carbons (Fsp3) is 0.143. The van der Waals surface area contributed by atoms with Gasteiger partial charge in [0.25, 0.3) is 5.89 Å². The summed E-state index contributed by atoms with van der Waals surface area (Å²) in [4.78, 5) is 20.3. The number of nitrogens with zero attached hydrogens (tertiary/aromatic N) is 3. The Bertz CT molecular complexity index is 1290. The molecule has 12 heteroatoms. The van der Waals surface area contributed by atoms with Crippen LogP contribution in [-0.2, 0) is 0 Å². The molecule has 0 fully saturated rings. The highest BCUT2D eigenvalue weighted by Gasteiger charge is 2.20. The van der Waals surface area contributed by atoms with E-state index in [1.165, 1.54) is 44.8 Å². The normalized spacial score (nSPS) is 10.6. The van der Waals surface area contributed by atoms with Gasteiger partial charge in [0.2, 0.25) is 11.6 Å². The first kappa shape index (κ1) is 21.9. The van der Waals surface area contributed by atoms with Gasteiger partial charge in [-0.25, -0.2) is 9.78 Å². The second-order valence-electron chi connectivity index (χ2n) is 6.58. The first-order chi connectivity index (χ1) is 15.9. The third kappa shape index (κ3) is 4.36. The van der Waals surface area contributed by atoms with Gasteiger partial charge in [0.05, 0.1) is 26.9 Å². The second-order valence-corrected chi connectivity index (χ2v) is 7.58. The van der Waals surface area contributed by atoms with Crippen LogP contribution in [0.4, 0.5) is 16.6 Å². The molecule has 2 heterocycles. The predicted octanol–water partition coefficient (Wildman–Crippen LogP) is 3.91. The maximum atomic E-state index is 11.2. The predicted molar refractivity (Wildman–Crippen MR) is 122 cm³/mol. The number of methoxy groups -OCH3 is 3. The minimum Gasteiger partial charge on any atom is -0.493 e. The first-order valence-electron chi connectivity index (χ1n) is 9.44. The van der Waals surface area contributed by atoms with Crippen LogP contribution in [0, 0.1) is 0 Å². The largest absolute Gasteiger partial charge is 0.493 e. The van der Waals surface area contributed by atoms with Crippen LogP contribution in [0.1, 0.15) is 10.4 Å². The highest BCUT2D eigenvalue weighted by Crippen LogP contribution is 2.42. The van der Waals surface area contributed by atoms with Crippen LogP contribution >= 0.6 is 11.3 Å². The molecule has 4 rings (SSSR count). The Morgan fingerprint density at radius 2 is 1.82 bits per heavy atom. The minimum atomic E-state index is -1.05. The molecule has 11 nitrogen and oxygen atoms in total. The minimum absolute atomic E-state index is 0.119. The van der Waals surface area contributed by atoms with Gasteiger partial charge in [-0.05, 0) is 12.1 Å². The van der Waals surface area contributed by atoms with Crippen molar-refractivity contribution in [1.29, 1.82) is 0 Å². The van der Waals surface area contributed by atoms with Crippen LogP contribution < -0.4 is 25.3 Å². The number of nitrogen functional groups attached to an aromatic ring is 1. The maximum Gasteiger partial charge on any atom is 0.335 e. The molecule has 0 bridgehead atoms. The Balaban J connectivity index is 1.62. The lowest BCUT2D eigenvalue weighted by Gasteiger charge is -2.14. The zero-order valence-corrected chi connectivity index (χ0v) is 18.6. The van der Waals surface area contributed by atoms with Crippen molar-refractivity contribution in [1.82, 2.24) is 15.1 Å². The molecule has 2 aromatic heterocycles. The maximum absolute atomic E-state index is 11.2. The Kier molecular flexibility index (Phi) is 6.00. The molecule has 170 valence electrons. The van der Waals surface area contributed by atoms with E-state index in [0.717, 1.165) is 0 Å². The molecular formula is C21H19N5O6S. The Morgan fingerprint density at radius 1 is 1.09 bits per heavy atom. The van der Waals surface area contributed by atoms with Crippen molar-refractivity contribution in [3.05, 3.63) is 42.0 Å². The fourth-order valence-corrected chi connectivity index (χ4v) is 3.87. The van der Waals surface area contributed by atoms with Crippen molar-refractivity contribution in [3.8, 4) is 39.4 Å². The molecule has 0 radical (unpaired) electrons. The van der Waals surface area contributed by atoms with Crippen LogP contribution in [-0.4, -0.2) is 47.5 Å². The van der Waals surface area contributed by atoms with Crippen LogP contribution in [0.15, 0.2) is 40.9 Å². The number of carboxylic acids is 1. The third-order valence-corrected chi connectivity index (χ3v) is 5.53. The molecule has 0 amide bonds. The number of rotatable bonds is 8. The van der Waals surface area contributed by atoms with Gasteiger partial charge < -0.3 is 34.9 Å². The van der Waals surface area contributed by atoms with E-state index < -0.39 is 5.97 Å². The number of carbonyl (C=O) groups is 1. The van der Waals surface area contributed by atoms with Gasteiger partial charge in [0, 0.05) is 23.4 Å². The molecule has 0 spiro atoms. The second kappa shape index (κ2) is 9.04. The quantitative estimate of drug-likeness (QED) is 0.344. The van der Waals surface area contributed by atoms with Gasteiger partial charge in [0.15, 0.2) is 16.6 Å². The van der Waals surface area contributed by atoms with E-state index in [1.807, 2.05) is 0 Å². The Labute approximate surface area is 191 Å². The van der Waals surface area contributed by atoms with Gasteiger partial charge >= 0.3 is 5.97 Å². The van der Waals surface area contributed by atoms with Gasteiger partial charge in [-0.2, -0.15) is 4.98 Å². The van der Waals surface area contributed by atoms with Crippen LogP contribution in [0.25, 0.3) is 22.2 Å². The number of nitrogens with one attached hydrogen (secondary N) is 1.